The molecule has 0 radical (unpaired) electrons. The number of ether oxygens (including phenoxy) is 1. The number of piperidine rings is 1. The van der Waals surface area contributed by atoms with Crippen molar-refractivity contribution in [2.24, 2.45) is 5.92 Å². The minimum Gasteiger partial charge on any atom is -0.451 e. The SMILES string of the molecule is Cc1nc(-c2ccc(F)cc2)sc1C(=O)OCC(=O)N1CCC[C@@H]2CCCC[C@H]21. The predicted octanol–water partition coefficient (Wildman–Crippen LogP) is 4.60. The Bertz CT molecular complexity index is 894. The normalized spacial score (nSPS) is 21.5. The fraction of sp³-hybridized carbons (Fsp3) is 0.500. The summed E-state index contributed by atoms with van der Waals surface area (Å²) in [6, 6.07) is 6.28. The molecule has 0 N–H and O–H groups in total. The van der Waals surface area contributed by atoms with E-state index in [1.807, 2.05) is 4.90 Å². The van der Waals surface area contributed by atoms with Gasteiger partial charge < -0.3 is 9.64 Å². The molecule has 1 amide bonds. The third kappa shape index (κ3) is 4.34. The molecule has 1 aliphatic carbocycles. The zero-order valence-electron chi connectivity index (χ0n) is 16.5. The van der Waals surface area contributed by atoms with Gasteiger partial charge in [0.25, 0.3) is 5.91 Å². The van der Waals surface area contributed by atoms with E-state index in [1.54, 1.807) is 19.1 Å². The Morgan fingerprint density at radius 1 is 1.17 bits per heavy atom. The number of carbonyl (C=O) groups excluding carboxylic acids is 2. The summed E-state index contributed by atoms with van der Waals surface area (Å²) < 4.78 is 18.5. The molecule has 1 aliphatic heterocycles. The molecule has 7 heteroatoms. The maximum atomic E-state index is 13.1. The van der Waals surface area contributed by atoms with Crippen LogP contribution in [0, 0.1) is 18.7 Å². The van der Waals surface area contributed by atoms with Crippen LogP contribution in [0.15, 0.2) is 24.3 Å². The molecule has 1 aromatic heterocycles. The Hall–Kier alpha value is -2.28. The van der Waals surface area contributed by atoms with Gasteiger partial charge in [0.15, 0.2) is 6.61 Å². The van der Waals surface area contributed by atoms with E-state index in [1.165, 1.54) is 42.7 Å². The van der Waals surface area contributed by atoms with E-state index in [2.05, 4.69) is 4.98 Å². The lowest BCUT2D eigenvalue weighted by Crippen LogP contribution is -2.50. The number of rotatable bonds is 4. The molecule has 1 saturated carbocycles. The van der Waals surface area contributed by atoms with E-state index in [0.29, 0.717) is 27.5 Å². The number of hydrogen-bond acceptors (Lipinski definition) is 5. The second-order valence-corrected chi connectivity index (χ2v) is 8.86. The van der Waals surface area contributed by atoms with Gasteiger partial charge in [-0.3, -0.25) is 4.79 Å². The van der Waals surface area contributed by atoms with Crippen LogP contribution in [0.3, 0.4) is 0 Å². The van der Waals surface area contributed by atoms with Crippen LogP contribution in [0.25, 0.3) is 10.6 Å². The maximum absolute atomic E-state index is 13.1. The number of aromatic nitrogens is 1. The molecule has 2 heterocycles. The first-order valence-electron chi connectivity index (χ1n) is 10.2. The lowest BCUT2D eigenvalue weighted by molar-refractivity contribution is -0.140. The lowest BCUT2D eigenvalue weighted by Gasteiger charge is -2.44. The average Bonchev–Trinajstić information content (AvgIpc) is 3.13. The van der Waals surface area contributed by atoms with Crippen molar-refractivity contribution in [3.63, 3.8) is 0 Å². The first-order valence-corrected chi connectivity index (χ1v) is 11.0. The standard InChI is InChI=1S/C22H25FN2O3S/c1-14-20(29-21(24-14)16-8-10-17(23)11-9-16)22(27)28-13-19(26)25-12-4-6-15-5-2-3-7-18(15)25/h8-11,15,18H,2-7,12-13H2,1H3/t15-,18+/m0/s1. The first kappa shape index (κ1) is 20.0. The number of esters is 1. The smallest absolute Gasteiger partial charge is 0.350 e. The molecule has 0 unspecified atom stereocenters. The van der Waals surface area contributed by atoms with E-state index in [4.69, 9.17) is 4.74 Å². The van der Waals surface area contributed by atoms with E-state index < -0.39 is 5.97 Å². The number of thiazole rings is 1. The molecular formula is C22H25FN2O3S. The van der Waals surface area contributed by atoms with E-state index in [9.17, 15) is 14.0 Å². The number of nitrogens with zero attached hydrogens (tertiary/aromatic N) is 2. The number of aryl methyl sites for hydroxylation is 1. The minimum absolute atomic E-state index is 0.101. The number of fused-ring (bicyclic) bond motifs is 1. The third-order valence-electron chi connectivity index (χ3n) is 5.96. The molecule has 4 rings (SSSR count). The molecule has 0 spiro atoms. The number of carbonyl (C=O) groups is 2. The number of likely N-dealkylation sites (tertiary alicyclic amines) is 1. The van der Waals surface area contributed by atoms with Crippen molar-refractivity contribution in [2.45, 2.75) is 51.5 Å². The monoisotopic (exact) mass is 416 g/mol. The second kappa shape index (κ2) is 8.61. The van der Waals surface area contributed by atoms with Crippen molar-refractivity contribution < 1.29 is 18.7 Å². The summed E-state index contributed by atoms with van der Waals surface area (Å²) in [5, 5.41) is 0.627. The van der Waals surface area contributed by atoms with Crippen LogP contribution in [0.5, 0.6) is 0 Å². The highest BCUT2D eigenvalue weighted by molar-refractivity contribution is 7.17. The first-order chi connectivity index (χ1) is 14.0. The summed E-state index contributed by atoms with van der Waals surface area (Å²) in [7, 11) is 0. The van der Waals surface area contributed by atoms with E-state index in [-0.39, 0.29) is 18.3 Å². The minimum atomic E-state index is -0.529. The Kier molecular flexibility index (Phi) is 5.94. The molecule has 154 valence electrons. The van der Waals surface area contributed by atoms with Gasteiger partial charge in [0.05, 0.1) is 5.69 Å². The maximum Gasteiger partial charge on any atom is 0.350 e. The summed E-state index contributed by atoms with van der Waals surface area (Å²) in [5.41, 5.74) is 1.29. The fourth-order valence-electron chi connectivity index (χ4n) is 4.51. The zero-order chi connectivity index (χ0) is 20.4. The van der Waals surface area contributed by atoms with Crippen molar-refractivity contribution in [1.82, 2.24) is 9.88 Å². The molecule has 2 fully saturated rings. The number of amides is 1. The van der Waals surface area contributed by atoms with Crippen molar-refractivity contribution in [2.75, 3.05) is 13.2 Å². The van der Waals surface area contributed by atoms with Crippen molar-refractivity contribution in [1.29, 1.82) is 0 Å². The van der Waals surface area contributed by atoms with Gasteiger partial charge in [-0.25, -0.2) is 14.2 Å². The third-order valence-corrected chi connectivity index (χ3v) is 7.15. The Morgan fingerprint density at radius 3 is 2.69 bits per heavy atom. The Morgan fingerprint density at radius 2 is 1.90 bits per heavy atom. The quantitative estimate of drug-likeness (QED) is 0.684. The van der Waals surface area contributed by atoms with Crippen LogP contribution in [-0.4, -0.2) is 41.0 Å². The number of benzene rings is 1. The largest absolute Gasteiger partial charge is 0.451 e. The van der Waals surface area contributed by atoms with Gasteiger partial charge in [0.1, 0.15) is 15.7 Å². The summed E-state index contributed by atoms with van der Waals surface area (Å²) in [6.07, 6.45) is 6.88. The number of hydrogen-bond donors (Lipinski definition) is 0. The van der Waals surface area contributed by atoms with Crippen molar-refractivity contribution in [3.05, 3.63) is 40.7 Å². The van der Waals surface area contributed by atoms with Gasteiger partial charge in [-0.15, -0.1) is 11.3 Å². The molecule has 1 saturated heterocycles. The van der Waals surface area contributed by atoms with Crippen LogP contribution >= 0.6 is 11.3 Å². The topological polar surface area (TPSA) is 59.5 Å². The molecule has 2 aromatic rings. The molecule has 29 heavy (non-hydrogen) atoms. The van der Waals surface area contributed by atoms with Crippen LogP contribution < -0.4 is 0 Å². The van der Waals surface area contributed by atoms with Crippen LogP contribution in [0.2, 0.25) is 0 Å². The van der Waals surface area contributed by atoms with Gasteiger partial charge in [0, 0.05) is 18.2 Å². The van der Waals surface area contributed by atoms with Gasteiger partial charge in [-0.1, -0.05) is 12.8 Å². The summed E-state index contributed by atoms with van der Waals surface area (Å²) in [4.78, 5) is 32.0. The van der Waals surface area contributed by atoms with E-state index in [0.717, 1.165) is 31.4 Å². The molecule has 0 bridgehead atoms. The van der Waals surface area contributed by atoms with Gasteiger partial charge in [-0.05, 0) is 62.8 Å². The highest BCUT2D eigenvalue weighted by Gasteiger charge is 2.36. The average molecular weight is 417 g/mol. The summed E-state index contributed by atoms with van der Waals surface area (Å²) in [6.45, 7) is 2.26. The molecule has 2 atom stereocenters. The highest BCUT2D eigenvalue weighted by Crippen LogP contribution is 2.35. The molecule has 1 aromatic carbocycles. The van der Waals surface area contributed by atoms with Crippen LogP contribution in [-0.2, 0) is 9.53 Å². The van der Waals surface area contributed by atoms with Gasteiger partial charge in [-0.2, -0.15) is 0 Å². The van der Waals surface area contributed by atoms with Crippen molar-refractivity contribution >= 4 is 23.2 Å². The lowest BCUT2D eigenvalue weighted by atomic mass is 9.78. The van der Waals surface area contributed by atoms with Gasteiger partial charge in [0.2, 0.25) is 0 Å². The Labute approximate surface area is 173 Å². The number of halogens is 1. The van der Waals surface area contributed by atoms with Crippen molar-refractivity contribution in [3.8, 4) is 10.6 Å². The van der Waals surface area contributed by atoms with Crippen LogP contribution in [0.1, 0.15) is 53.9 Å². The molecule has 5 nitrogen and oxygen atoms in total. The van der Waals surface area contributed by atoms with Gasteiger partial charge >= 0.3 is 5.97 Å². The molecule has 2 aliphatic rings. The fourth-order valence-corrected chi connectivity index (χ4v) is 5.48. The Balaban J connectivity index is 1.39. The zero-order valence-corrected chi connectivity index (χ0v) is 17.3. The second-order valence-electron chi connectivity index (χ2n) is 7.86. The van der Waals surface area contributed by atoms with Crippen LogP contribution in [0.4, 0.5) is 4.39 Å². The van der Waals surface area contributed by atoms with E-state index >= 15 is 0 Å². The summed E-state index contributed by atoms with van der Waals surface area (Å²) in [5.74, 6) is -0.355. The predicted molar refractivity (Wildman–Crippen MR) is 109 cm³/mol. The highest BCUT2D eigenvalue weighted by atomic mass is 32.1. The molecular weight excluding hydrogens is 391 g/mol. The summed E-state index contributed by atoms with van der Waals surface area (Å²) >= 11 is 1.20.